The zero-order valence-electron chi connectivity index (χ0n) is 13.2. The van der Waals surface area contributed by atoms with E-state index < -0.39 is 0 Å². The molecule has 0 bridgehead atoms. The van der Waals surface area contributed by atoms with Crippen molar-refractivity contribution >= 4 is 29.1 Å². The van der Waals surface area contributed by atoms with Gasteiger partial charge in [-0.15, -0.1) is 11.3 Å². The van der Waals surface area contributed by atoms with Crippen molar-refractivity contribution in [2.75, 3.05) is 12.0 Å². The van der Waals surface area contributed by atoms with Crippen LogP contribution in [0, 0.1) is 0 Å². The molecule has 122 valence electrons. The minimum Gasteiger partial charge on any atom is -0.497 e. The van der Waals surface area contributed by atoms with Gasteiger partial charge in [-0.2, -0.15) is 5.10 Å². The van der Waals surface area contributed by atoms with Crippen LogP contribution >= 0.6 is 11.3 Å². The Labute approximate surface area is 144 Å². The maximum atomic E-state index is 12.6. The van der Waals surface area contributed by atoms with E-state index in [-0.39, 0.29) is 5.91 Å². The number of aromatic amines is 1. The van der Waals surface area contributed by atoms with Gasteiger partial charge in [-0.3, -0.25) is 14.8 Å². The van der Waals surface area contributed by atoms with Crippen LogP contribution < -0.4 is 9.64 Å². The van der Waals surface area contributed by atoms with Gasteiger partial charge in [0.2, 0.25) is 0 Å². The Morgan fingerprint density at radius 1 is 1.29 bits per heavy atom. The third-order valence-electron chi connectivity index (χ3n) is 3.47. The molecule has 1 N–H and O–H groups in total. The van der Waals surface area contributed by atoms with Gasteiger partial charge in [0, 0.05) is 17.0 Å². The maximum Gasteiger partial charge on any atom is 0.252 e. The van der Waals surface area contributed by atoms with Crippen LogP contribution in [-0.2, 0) is 11.3 Å². The summed E-state index contributed by atoms with van der Waals surface area (Å²) < 4.78 is 5.13. The zero-order valence-corrected chi connectivity index (χ0v) is 14.0. The quantitative estimate of drug-likeness (QED) is 0.696. The van der Waals surface area contributed by atoms with Crippen molar-refractivity contribution < 1.29 is 9.53 Å². The van der Waals surface area contributed by atoms with Crippen molar-refractivity contribution in [3.05, 3.63) is 70.6 Å². The molecule has 6 heteroatoms. The van der Waals surface area contributed by atoms with Crippen molar-refractivity contribution in [2.24, 2.45) is 0 Å². The van der Waals surface area contributed by atoms with Gasteiger partial charge in [-0.25, -0.2) is 0 Å². The second-order valence-corrected chi connectivity index (χ2v) is 6.08. The lowest BCUT2D eigenvalue weighted by molar-refractivity contribution is -0.114. The molecule has 0 spiro atoms. The summed E-state index contributed by atoms with van der Waals surface area (Å²) in [5, 5.41) is 8.79. The summed E-state index contributed by atoms with van der Waals surface area (Å²) in [5.41, 5.74) is 0.935. The predicted molar refractivity (Wildman–Crippen MR) is 96.1 cm³/mol. The van der Waals surface area contributed by atoms with E-state index in [0.717, 1.165) is 16.2 Å². The van der Waals surface area contributed by atoms with Crippen LogP contribution in [-0.4, -0.2) is 23.2 Å². The maximum absolute atomic E-state index is 12.6. The molecule has 1 aromatic carbocycles. The topological polar surface area (TPSA) is 58.2 Å². The highest BCUT2D eigenvalue weighted by molar-refractivity contribution is 7.09. The van der Waals surface area contributed by atoms with Crippen molar-refractivity contribution in [1.82, 2.24) is 10.2 Å². The highest BCUT2D eigenvalue weighted by Crippen LogP contribution is 2.18. The Morgan fingerprint density at radius 3 is 2.75 bits per heavy atom. The summed E-state index contributed by atoms with van der Waals surface area (Å²) in [7, 11) is 1.63. The minimum absolute atomic E-state index is 0.108. The number of H-pyrrole nitrogens is 1. The molecule has 0 unspecified atom stereocenters. The lowest BCUT2D eigenvalue weighted by Gasteiger charge is -2.18. The fourth-order valence-corrected chi connectivity index (χ4v) is 2.90. The average Bonchev–Trinajstić information content (AvgIpc) is 3.31. The number of nitrogens with one attached hydrogen (secondary N) is 1. The van der Waals surface area contributed by atoms with E-state index in [9.17, 15) is 4.79 Å². The van der Waals surface area contributed by atoms with Crippen LogP contribution in [0.15, 0.2) is 60.1 Å². The van der Waals surface area contributed by atoms with Gasteiger partial charge in [-0.05, 0) is 35.2 Å². The number of methoxy groups -OCH3 is 1. The molecule has 0 atom stereocenters. The average molecular weight is 339 g/mol. The number of hydrogen-bond donors (Lipinski definition) is 1. The third-order valence-corrected chi connectivity index (χ3v) is 4.33. The molecule has 2 aromatic heterocycles. The number of hydrogen-bond acceptors (Lipinski definition) is 4. The van der Waals surface area contributed by atoms with Crippen molar-refractivity contribution in [3.8, 4) is 5.75 Å². The predicted octanol–water partition coefficient (Wildman–Crippen LogP) is 3.73. The van der Waals surface area contributed by atoms with E-state index in [2.05, 4.69) is 10.2 Å². The molecule has 0 saturated heterocycles. The van der Waals surface area contributed by atoms with Crippen LogP contribution in [0.4, 0.5) is 5.82 Å². The Morgan fingerprint density at radius 2 is 2.12 bits per heavy atom. The molecule has 0 aliphatic heterocycles. The van der Waals surface area contributed by atoms with E-state index in [0.29, 0.717) is 12.4 Å². The Balaban J connectivity index is 1.76. The van der Waals surface area contributed by atoms with Gasteiger partial charge < -0.3 is 4.74 Å². The Hall–Kier alpha value is -2.86. The van der Waals surface area contributed by atoms with E-state index in [4.69, 9.17) is 4.74 Å². The molecule has 24 heavy (non-hydrogen) atoms. The molecular weight excluding hydrogens is 322 g/mol. The first-order chi connectivity index (χ1) is 11.8. The minimum atomic E-state index is -0.108. The summed E-state index contributed by atoms with van der Waals surface area (Å²) >= 11 is 1.62. The van der Waals surface area contributed by atoms with Crippen LogP contribution in [0.1, 0.15) is 10.4 Å². The molecule has 0 saturated carbocycles. The number of carbonyl (C=O) groups excluding carboxylic acids is 1. The molecular formula is C18H17N3O2S. The monoisotopic (exact) mass is 339 g/mol. The smallest absolute Gasteiger partial charge is 0.252 e. The number of anilines is 1. The number of carbonyl (C=O) groups is 1. The summed E-state index contributed by atoms with van der Waals surface area (Å²) in [6.07, 6.45) is 4.99. The second-order valence-electron chi connectivity index (χ2n) is 5.05. The van der Waals surface area contributed by atoms with Crippen molar-refractivity contribution in [1.29, 1.82) is 0 Å². The molecule has 3 rings (SSSR count). The van der Waals surface area contributed by atoms with E-state index in [1.807, 2.05) is 41.8 Å². The summed E-state index contributed by atoms with van der Waals surface area (Å²) in [6.45, 7) is 0.506. The number of nitrogens with zero attached hydrogens (tertiary/aromatic N) is 2. The molecule has 2 heterocycles. The Bertz CT molecular complexity index is 793. The number of benzene rings is 1. The molecule has 1 amide bonds. The largest absolute Gasteiger partial charge is 0.497 e. The number of aromatic nitrogens is 2. The van der Waals surface area contributed by atoms with E-state index in [1.54, 1.807) is 47.8 Å². The Kier molecular flexibility index (Phi) is 5.08. The van der Waals surface area contributed by atoms with Gasteiger partial charge in [0.15, 0.2) is 0 Å². The van der Waals surface area contributed by atoms with Gasteiger partial charge >= 0.3 is 0 Å². The molecule has 3 aromatic rings. The number of thiophene rings is 1. The molecule has 0 aliphatic carbocycles. The summed E-state index contributed by atoms with van der Waals surface area (Å²) in [5.74, 6) is 1.35. The first kappa shape index (κ1) is 16.0. The van der Waals surface area contributed by atoms with E-state index >= 15 is 0 Å². The molecule has 0 fully saturated rings. The van der Waals surface area contributed by atoms with Gasteiger partial charge in [0.05, 0.1) is 19.9 Å². The molecule has 0 radical (unpaired) electrons. The van der Waals surface area contributed by atoms with Crippen molar-refractivity contribution in [2.45, 2.75) is 6.54 Å². The van der Waals surface area contributed by atoms with Gasteiger partial charge in [-0.1, -0.05) is 18.2 Å². The first-order valence-electron chi connectivity index (χ1n) is 7.41. The zero-order chi connectivity index (χ0) is 16.8. The number of amides is 1. The number of rotatable bonds is 6. The fraction of sp³-hybridized carbons (Fsp3) is 0.111. The fourth-order valence-electron chi connectivity index (χ4n) is 2.21. The van der Waals surface area contributed by atoms with Crippen LogP contribution in [0.2, 0.25) is 0 Å². The second kappa shape index (κ2) is 7.61. The van der Waals surface area contributed by atoms with Crippen LogP contribution in [0.25, 0.3) is 6.08 Å². The molecule has 0 aliphatic rings. The van der Waals surface area contributed by atoms with E-state index in [1.165, 1.54) is 0 Å². The van der Waals surface area contributed by atoms with Crippen LogP contribution in [0.3, 0.4) is 0 Å². The van der Waals surface area contributed by atoms with Gasteiger partial charge in [0.25, 0.3) is 5.91 Å². The van der Waals surface area contributed by atoms with Gasteiger partial charge in [0.1, 0.15) is 11.6 Å². The molecule has 5 nitrogen and oxygen atoms in total. The lowest BCUT2D eigenvalue weighted by Crippen LogP contribution is -2.28. The normalized spacial score (nSPS) is 10.9. The summed E-state index contributed by atoms with van der Waals surface area (Å²) in [4.78, 5) is 15.4. The SMILES string of the molecule is COc1ccc(C=CC(=O)N(Cc2cccs2)c2ccn[nH]2)cc1. The lowest BCUT2D eigenvalue weighted by atomic mass is 10.2. The third kappa shape index (κ3) is 3.91. The highest BCUT2D eigenvalue weighted by Gasteiger charge is 2.15. The standard InChI is InChI=1S/C18H17N3O2S/c1-23-15-7-4-14(5-8-15)6-9-18(22)21(17-10-11-19-20-17)13-16-3-2-12-24-16/h2-12H,13H2,1H3,(H,19,20). The summed E-state index contributed by atoms with van der Waals surface area (Å²) in [6, 6.07) is 13.3. The number of ether oxygens (including phenoxy) is 1. The highest BCUT2D eigenvalue weighted by atomic mass is 32.1. The van der Waals surface area contributed by atoms with Crippen LogP contribution in [0.5, 0.6) is 5.75 Å². The first-order valence-corrected chi connectivity index (χ1v) is 8.29. The van der Waals surface area contributed by atoms with Crippen molar-refractivity contribution in [3.63, 3.8) is 0 Å².